The van der Waals surface area contributed by atoms with Crippen LogP contribution in [0.15, 0.2) is 35.6 Å². The Morgan fingerprint density at radius 1 is 1.43 bits per heavy atom. The van der Waals surface area contributed by atoms with Gasteiger partial charge in [-0.25, -0.2) is 5.53 Å². The first-order valence-corrected chi connectivity index (χ1v) is 6.53. The molecule has 21 heavy (non-hydrogen) atoms. The minimum atomic E-state index is -0.998. The summed E-state index contributed by atoms with van der Waals surface area (Å²) in [6.07, 6.45) is 2.22. The average Bonchev–Trinajstić information content (AvgIpc) is 3.09. The van der Waals surface area contributed by atoms with Crippen LogP contribution in [0.25, 0.3) is 10.9 Å². The molecule has 0 saturated carbocycles. The maximum atomic E-state index is 10.9. The van der Waals surface area contributed by atoms with Gasteiger partial charge in [0.2, 0.25) is 0 Å². The molecule has 1 aromatic carbocycles. The van der Waals surface area contributed by atoms with Crippen molar-refractivity contribution >= 4 is 22.7 Å². The first-order chi connectivity index (χ1) is 10.1. The van der Waals surface area contributed by atoms with E-state index in [1.807, 2.05) is 35.0 Å². The predicted molar refractivity (Wildman–Crippen MR) is 78.1 cm³/mol. The van der Waals surface area contributed by atoms with Gasteiger partial charge in [0.1, 0.15) is 6.04 Å². The van der Waals surface area contributed by atoms with Crippen molar-refractivity contribution in [1.29, 1.82) is 0 Å². The van der Waals surface area contributed by atoms with E-state index in [0.29, 0.717) is 13.0 Å². The fraction of sp³-hybridized carbons (Fsp3) is 0.231. The van der Waals surface area contributed by atoms with Crippen LogP contribution in [0, 0.1) is 0 Å². The van der Waals surface area contributed by atoms with Crippen molar-refractivity contribution in [1.82, 2.24) is 21.1 Å². The summed E-state index contributed by atoms with van der Waals surface area (Å²) in [5.74, 6) is -0.257. The molecule has 1 unspecified atom stereocenters. The second-order valence-electron chi connectivity index (χ2n) is 4.87. The van der Waals surface area contributed by atoms with Gasteiger partial charge in [-0.1, -0.05) is 18.2 Å². The van der Waals surface area contributed by atoms with Crippen LogP contribution in [0.3, 0.4) is 0 Å². The van der Waals surface area contributed by atoms with Crippen LogP contribution in [0.2, 0.25) is 0 Å². The summed E-state index contributed by atoms with van der Waals surface area (Å²) < 4.78 is 2.01. The molecular formula is C13H16N6O2. The highest BCUT2D eigenvalue weighted by atomic mass is 16.4. The molecule has 3 rings (SSSR count). The van der Waals surface area contributed by atoms with E-state index in [2.05, 4.69) is 21.6 Å². The summed E-state index contributed by atoms with van der Waals surface area (Å²) in [4.78, 5) is 10.9. The summed E-state index contributed by atoms with van der Waals surface area (Å²) in [7, 11) is 0. The zero-order valence-corrected chi connectivity index (χ0v) is 11.2. The molecular weight excluding hydrogens is 272 g/mol. The predicted octanol–water partition coefficient (Wildman–Crippen LogP) is -0.478. The number of nitrogens with one attached hydrogen (secondary N) is 3. The van der Waals surface area contributed by atoms with Crippen molar-refractivity contribution in [2.24, 2.45) is 10.8 Å². The topological polar surface area (TPSA) is 117 Å². The molecule has 1 aromatic heterocycles. The summed E-state index contributed by atoms with van der Waals surface area (Å²) in [6.45, 7) is 0.544. The van der Waals surface area contributed by atoms with Crippen LogP contribution < -0.4 is 22.2 Å². The van der Waals surface area contributed by atoms with Gasteiger partial charge in [0, 0.05) is 23.5 Å². The van der Waals surface area contributed by atoms with Crippen LogP contribution in [-0.4, -0.2) is 27.5 Å². The number of hydrazone groups is 1. The molecule has 2 heterocycles. The van der Waals surface area contributed by atoms with Gasteiger partial charge in [0.25, 0.3) is 0 Å². The molecule has 0 bridgehead atoms. The smallest absolute Gasteiger partial charge is 0.320 e. The molecule has 0 radical (unpaired) electrons. The Morgan fingerprint density at radius 3 is 2.95 bits per heavy atom. The zero-order chi connectivity index (χ0) is 14.8. The quantitative estimate of drug-likeness (QED) is 0.507. The Morgan fingerprint density at radius 2 is 2.24 bits per heavy atom. The van der Waals surface area contributed by atoms with Gasteiger partial charge in [0.15, 0.2) is 5.84 Å². The number of amidine groups is 1. The number of hydrazine groups is 2. The average molecular weight is 288 g/mol. The highest BCUT2D eigenvalue weighted by molar-refractivity contribution is 5.88. The number of benzene rings is 1. The number of nitrogens with two attached hydrogens (primary N) is 1. The molecule has 0 amide bonds. The van der Waals surface area contributed by atoms with Crippen LogP contribution in [0.5, 0.6) is 0 Å². The number of aliphatic carboxylic acids is 1. The summed E-state index contributed by atoms with van der Waals surface area (Å²) in [5.41, 5.74) is 15.8. The number of rotatable bonds is 5. The Labute approximate surface area is 120 Å². The number of para-hydroxylation sites is 1. The van der Waals surface area contributed by atoms with E-state index < -0.39 is 12.0 Å². The number of carbonyl (C=O) groups is 1. The summed E-state index contributed by atoms with van der Waals surface area (Å²) in [5, 5.41) is 14.0. The first-order valence-electron chi connectivity index (χ1n) is 6.53. The Kier molecular flexibility index (Phi) is 3.46. The number of carboxylic acid groups (broad SMARTS) is 1. The highest BCUT2D eigenvalue weighted by Gasteiger charge is 2.17. The van der Waals surface area contributed by atoms with Crippen LogP contribution >= 0.6 is 0 Å². The van der Waals surface area contributed by atoms with Crippen molar-refractivity contribution in [2.75, 3.05) is 0 Å². The van der Waals surface area contributed by atoms with Gasteiger partial charge in [0.05, 0.1) is 6.54 Å². The fourth-order valence-corrected chi connectivity index (χ4v) is 2.40. The number of aromatic nitrogens is 1. The van der Waals surface area contributed by atoms with E-state index in [9.17, 15) is 4.79 Å². The largest absolute Gasteiger partial charge is 0.480 e. The van der Waals surface area contributed by atoms with Gasteiger partial charge in [-0.3, -0.25) is 10.2 Å². The standard InChI is InChI=1S/C13H16N6O2/c14-10(13(20)21)5-8-6-19(7-12-15-17-18-16-12)11-4-2-1-3-9(8)11/h1-4,6,10,17-18H,5,7,14H2,(H,15,16)(H,20,21). The van der Waals surface area contributed by atoms with Crippen LogP contribution in [-0.2, 0) is 17.8 Å². The van der Waals surface area contributed by atoms with E-state index in [0.717, 1.165) is 22.3 Å². The minimum Gasteiger partial charge on any atom is -0.480 e. The van der Waals surface area contributed by atoms with Gasteiger partial charge in [-0.05, 0) is 11.6 Å². The summed E-state index contributed by atoms with van der Waals surface area (Å²) in [6, 6.07) is 6.92. The van der Waals surface area contributed by atoms with Crippen molar-refractivity contribution < 1.29 is 9.90 Å². The lowest BCUT2D eigenvalue weighted by molar-refractivity contribution is -0.138. The maximum Gasteiger partial charge on any atom is 0.320 e. The number of nitrogens with zero attached hydrogens (tertiary/aromatic N) is 2. The second kappa shape index (κ2) is 5.43. The van der Waals surface area contributed by atoms with Gasteiger partial charge < -0.3 is 15.4 Å². The lowest BCUT2D eigenvalue weighted by atomic mass is 10.1. The zero-order valence-electron chi connectivity index (χ0n) is 11.2. The molecule has 8 heteroatoms. The van der Waals surface area contributed by atoms with Crippen molar-refractivity contribution in [2.45, 2.75) is 19.0 Å². The SMILES string of the molecule is NC(Cc1cn(CC2=NNNN2)c2ccccc12)C(=O)O. The molecule has 110 valence electrons. The molecule has 0 saturated heterocycles. The van der Waals surface area contributed by atoms with E-state index >= 15 is 0 Å². The third kappa shape index (κ3) is 2.67. The molecule has 0 spiro atoms. The van der Waals surface area contributed by atoms with Gasteiger partial charge >= 0.3 is 5.97 Å². The number of hydrogen-bond acceptors (Lipinski definition) is 6. The molecule has 8 nitrogen and oxygen atoms in total. The Hall–Kier alpha value is -2.58. The maximum absolute atomic E-state index is 10.9. The number of hydrogen-bond donors (Lipinski definition) is 5. The minimum absolute atomic E-state index is 0.291. The molecule has 0 fully saturated rings. The highest BCUT2D eigenvalue weighted by Crippen LogP contribution is 2.22. The molecule has 0 aliphatic carbocycles. The van der Waals surface area contributed by atoms with E-state index in [1.165, 1.54) is 0 Å². The van der Waals surface area contributed by atoms with Crippen LogP contribution in [0.4, 0.5) is 0 Å². The fourth-order valence-electron chi connectivity index (χ4n) is 2.40. The normalized spacial score (nSPS) is 15.4. The van der Waals surface area contributed by atoms with Crippen molar-refractivity contribution in [3.63, 3.8) is 0 Å². The van der Waals surface area contributed by atoms with Gasteiger partial charge in [-0.2, -0.15) is 0 Å². The molecule has 6 N–H and O–H groups in total. The van der Waals surface area contributed by atoms with Gasteiger partial charge in [-0.15, -0.1) is 10.6 Å². The van der Waals surface area contributed by atoms with E-state index in [-0.39, 0.29) is 0 Å². The van der Waals surface area contributed by atoms with Crippen molar-refractivity contribution in [3.05, 3.63) is 36.0 Å². The lowest BCUT2D eigenvalue weighted by Gasteiger charge is -2.04. The van der Waals surface area contributed by atoms with E-state index in [4.69, 9.17) is 10.8 Å². The van der Waals surface area contributed by atoms with Crippen LogP contribution in [0.1, 0.15) is 5.56 Å². The monoisotopic (exact) mass is 288 g/mol. The third-order valence-electron chi connectivity index (χ3n) is 3.40. The summed E-state index contributed by atoms with van der Waals surface area (Å²) >= 11 is 0. The lowest BCUT2D eigenvalue weighted by Crippen LogP contribution is -2.36. The molecule has 1 aliphatic heterocycles. The molecule has 2 aromatic rings. The molecule has 1 atom stereocenters. The third-order valence-corrected chi connectivity index (χ3v) is 3.40. The Bertz CT molecular complexity index is 708. The van der Waals surface area contributed by atoms with Crippen molar-refractivity contribution in [3.8, 4) is 0 Å². The second-order valence-corrected chi connectivity index (χ2v) is 4.87. The number of carboxylic acids is 1. The number of fused-ring (bicyclic) bond motifs is 1. The molecule has 1 aliphatic rings. The Balaban J connectivity index is 1.95. The first kappa shape index (κ1) is 13.4. The van der Waals surface area contributed by atoms with E-state index in [1.54, 1.807) is 0 Å².